The van der Waals surface area contributed by atoms with Crippen LogP contribution < -0.4 is 5.32 Å². The minimum atomic E-state index is 0.689. The summed E-state index contributed by atoms with van der Waals surface area (Å²) in [6.45, 7) is 1.20. The summed E-state index contributed by atoms with van der Waals surface area (Å²) in [4.78, 5) is 4.55. The Labute approximate surface area is 84.7 Å². The van der Waals surface area contributed by atoms with E-state index in [1.54, 1.807) is 0 Å². The van der Waals surface area contributed by atoms with Crippen molar-refractivity contribution in [2.45, 2.75) is 37.6 Å². The average Bonchev–Trinajstić information content (AvgIpc) is 2.85. The molecule has 3 rings (SSSR count). The van der Waals surface area contributed by atoms with E-state index in [2.05, 4.69) is 22.4 Å². The van der Waals surface area contributed by atoms with Crippen LogP contribution >= 0.6 is 0 Å². The Bertz CT molecular complexity index is 329. The van der Waals surface area contributed by atoms with Gasteiger partial charge in [0.1, 0.15) is 0 Å². The van der Waals surface area contributed by atoms with E-state index in [0.29, 0.717) is 12.0 Å². The van der Waals surface area contributed by atoms with Crippen LogP contribution in [-0.4, -0.2) is 17.6 Å². The molecule has 1 aliphatic carbocycles. The molecule has 1 saturated heterocycles. The van der Waals surface area contributed by atoms with Gasteiger partial charge in [0.05, 0.1) is 0 Å². The number of rotatable bonds is 1. The van der Waals surface area contributed by atoms with Crippen LogP contribution in [0.4, 0.5) is 0 Å². The minimum Gasteiger partial charge on any atom is -0.313 e. The van der Waals surface area contributed by atoms with Gasteiger partial charge in [0.2, 0.25) is 0 Å². The van der Waals surface area contributed by atoms with E-state index >= 15 is 0 Å². The molecule has 2 aliphatic rings. The standard InChI is InChI=1S/C12H16N2/c1-3-9-5-6-10(12(9)14-8-1)11-4-2-7-13-11/h1,3,8,10-11,13H,2,4-7H2. The van der Waals surface area contributed by atoms with Crippen molar-refractivity contribution in [3.05, 3.63) is 29.6 Å². The van der Waals surface area contributed by atoms with Gasteiger partial charge in [-0.15, -0.1) is 0 Å². The molecule has 0 aromatic carbocycles. The van der Waals surface area contributed by atoms with E-state index in [4.69, 9.17) is 0 Å². The fourth-order valence-corrected chi connectivity index (χ4v) is 2.89. The van der Waals surface area contributed by atoms with Crippen molar-refractivity contribution in [1.29, 1.82) is 0 Å². The molecule has 2 heteroatoms. The molecule has 2 heterocycles. The first-order chi connectivity index (χ1) is 6.95. The molecule has 0 bridgehead atoms. The molecule has 2 atom stereocenters. The molecule has 14 heavy (non-hydrogen) atoms. The number of aromatic nitrogens is 1. The van der Waals surface area contributed by atoms with Crippen LogP contribution in [-0.2, 0) is 6.42 Å². The number of nitrogens with one attached hydrogen (secondary N) is 1. The number of aryl methyl sites for hydroxylation is 1. The summed E-state index contributed by atoms with van der Waals surface area (Å²) in [5.41, 5.74) is 2.85. The van der Waals surface area contributed by atoms with Crippen molar-refractivity contribution < 1.29 is 0 Å². The molecular formula is C12H16N2. The van der Waals surface area contributed by atoms with Crippen molar-refractivity contribution in [2.24, 2.45) is 0 Å². The maximum atomic E-state index is 4.55. The Hall–Kier alpha value is -0.890. The van der Waals surface area contributed by atoms with Gasteiger partial charge in [0.25, 0.3) is 0 Å². The number of pyridine rings is 1. The highest BCUT2D eigenvalue weighted by Gasteiger charge is 2.32. The summed E-state index contributed by atoms with van der Waals surface area (Å²) in [6.07, 6.45) is 7.13. The van der Waals surface area contributed by atoms with Crippen LogP contribution in [0.25, 0.3) is 0 Å². The SMILES string of the molecule is c1cnc2c(c1)CCC2C1CCCN1. The Morgan fingerprint density at radius 1 is 1.36 bits per heavy atom. The molecule has 1 aliphatic heterocycles. The van der Waals surface area contributed by atoms with Crippen molar-refractivity contribution in [3.63, 3.8) is 0 Å². The van der Waals surface area contributed by atoms with Crippen LogP contribution in [0.15, 0.2) is 18.3 Å². The van der Waals surface area contributed by atoms with Crippen molar-refractivity contribution in [2.75, 3.05) is 6.54 Å². The van der Waals surface area contributed by atoms with Gasteiger partial charge in [-0.1, -0.05) is 6.07 Å². The summed E-state index contributed by atoms with van der Waals surface area (Å²) in [5, 5.41) is 3.60. The van der Waals surface area contributed by atoms with E-state index in [1.807, 2.05) is 6.20 Å². The zero-order valence-corrected chi connectivity index (χ0v) is 8.37. The van der Waals surface area contributed by atoms with Gasteiger partial charge in [-0.2, -0.15) is 0 Å². The Morgan fingerprint density at radius 2 is 2.36 bits per heavy atom. The Morgan fingerprint density at radius 3 is 3.21 bits per heavy atom. The summed E-state index contributed by atoms with van der Waals surface area (Å²) < 4.78 is 0. The third-order valence-corrected chi connectivity index (χ3v) is 3.59. The molecular weight excluding hydrogens is 172 g/mol. The van der Waals surface area contributed by atoms with Gasteiger partial charge in [0.15, 0.2) is 0 Å². The van der Waals surface area contributed by atoms with E-state index in [-0.39, 0.29) is 0 Å². The van der Waals surface area contributed by atoms with E-state index in [1.165, 1.54) is 43.5 Å². The fourth-order valence-electron chi connectivity index (χ4n) is 2.89. The van der Waals surface area contributed by atoms with Gasteiger partial charge in [-0.05, 0) is 43.9 Å². The van der Waals surface area contributed by atoms with Crippen LogP contribution in [0.1, 0.15) is 36.4 Å². The number of fused-ring (bicyclic) bond motifs is 1. The maximum Gasteiger partial charge on any atom is 0.0482 e. The molecule has 2 unspecified atom stereocenters. The van der Waals surface area contributed by atoms with Gasteiger partial charge in [0, 0.05) is 23.9 Å². The zero-order valence-electron chi connectivity index (χ0n) is 8.37. The van der Waals surface area contributed by atoms with Crippen molar-refractivity contribution in [1.82, 2.24) is 10.3 Å². The second kappa shape index (κ2) is 3.35. The lowest BCUT2D eigenvalue weighted by molar-refractivity contribution is 0.479. The summed E-state index contributed by atoms with van der Waals surface area (Å²) in [7, 11) is 0. The first kappa shape index (κ1) is 8.42. The smallest absolute Gasteiger partial charge is 0.0482 e. The van der Waals surface area contributed by atoms with Gasteiger partial charge in [-0.25, -0.2) is 0 Å². The molecule has 1 aromatic rings. The van der Waals surface area contributed by atoms with Crippen LogP contribution in [0.3, 0.4) is 0 Å². The summed E-state index contributed by atoms with van der Waals surface area (Å²) in [6, 6.07) is 4.99. The molecule has 1 aromatic heterocycles. The molecule has 2 nitrogen and oxygen atoms in total. The van der Waals surface area contributed by atoms with E-state index in [9.17, 15) is 0 Å². The topological polar surface area (TPSA) is 24.9 Å². The quantitative estimate of drug-likeness (QED) is 0.727. The maximum absolute atomic E-state index is 4.55. The third-order valence-electron chi connectivity index (χ3n) is 3.59. The minimum absolute atomic E-state index is 0.689. The summed E-state index contributed by atoms with van der Waals surface area (Å²) in [5.74, 6) is 0.689. The second-order valence-corrected chi connectivity index (χ2v) is 4.40. The van der Waals surface area contributed by atoms with Gasteiger partial charge < -0.3 is 5.32 Å². The first-order valence-corrected chi connectivity index (χ1v) is 5.62. The molecule has 0 spiro atoms. The first-order valence-electron chi connectivity index (χ1n) is 5.62. The number of hydrogen-bond acceptors (Lipinski definition) is 2. The average molecular weight is 188 g/mol. The van der Waals surface area contributed by atoms with Gasteiger partial charge in [-0.3, -0.25) is 4.98 Å². The molecule has 1 N–H and O–H groups in total. The van der Waals surface area contributed by atoms with E-state index in [0.717, 1.165) is 0 Å². The lowest BCUT2D eigenvalue weighted by atomic mass is 9.96. The zero-order chi connectivity index (χ0) is 9.38. The third kappa shape index (κ3) is 1.25. The molecule has 0 radical (unpaired) electrons. The van der Waals surface area contributed by atoms with Crippen LogP contribution in [0.2, 0.25) is 0 Å². The molecule has 0 saturated carbocycles. The highest BCUT2D eigenvalue weighted by molar-refractivity contribution is 5.30. The number of hydrogen-bond donors (Lipinski definition) is 1. The second-order valence-electron chi connectivity index (χ2n) is 4.40. The summed E-state index contributed by atoms with van der Waals surface area (Å²) >= 11 is 0. The lowest BCUT2D eigenvalue weighted by Gasteiger charge is -2.18. The fraction of sp³-hybridized carbons (Fsp3) is 0.583. The highest BCUT2D eigenvalue weighted by atomic mass is 15.0. The van der Waals surface area contributed by atoms with Crippen LogP contribution in [0, 0.1) is 0 Å². The van der Waals surface area contributed by atoms with Crippen molar-refractivity contribution >= 4 is 0 Å². The Kier molecular flexibility index (Phi) is 2.02. The largest absolute Gasteiger partial charge is 0.313 e. The normalized spacial score (nSPS) is 30.6. The lowest BCUT2D eigenvalue weighted by Crippen LogP contribution is -2.28. The van der Waals surface area contributed by atoms with Crippen LogP contribution in [0.5, 0.6) is 0 Å². The monoisotopic (exact) mass is 188 g/mol. The van der Waals surface area contributed by atoms with Gasteiger partial charge >= 0.3 is 0 Å². The predicted octanol–water partition coefficient (Wildman–Crippen LogP) is 1.86. The molecule has 1 fully saturated rings. The highest BCUT2D eigenvalue weighted by Crippen LogP contribution is 2.36. The molecule has 74 valence electrons. The Balaban J connectivity index is 1.89. The van der Waals surface area contributed by atoms with Crippen molar-refractivity contribution in [3.8, 4) is 0 Å². The van der Waals surface area contributed by atoms with E-state index < -0.39 is 0 Å². The predicted molar refractivity (Wildman–Crippen MR) is 56.3 cm³/mol. The number of nitrogens with zero attached hydrogens (tertiary/aromatic N) is 1. The molecule has 0 amide bonds.